The topological polar surface area (TPSA) is 66.4 Å². The van der Waals surface area contributed by atoms with Crippen LogP contribution in [-0.2, 0) is 21.7 Å². The summed E-state index contributed by atoms with van der Waals surface area (Å²) in [5.41, 5.74) is -3.31. The van der Waals surface area contributed by atoms with Gasteiger partial charge in [-0.25, -0.2) is 21.9 Å². The summed E-state index contributed by atoms with van der Waals surface area (Å²) in [6.07, 6.45) is -9.63. The first kappa shape index (κ1) is 20.8. The van der Waals surface area contributed by atoms with Crippen LogP contribution in [0.15, 0.2) is 24.3 Å². The summed E-state index contributed by atoms with van der Waals surface area (Å²) >= 11 is 0. The van der Waals surface area contributed by atoms with Crippen LogP contribution in [-0.4, -0.2) is 32.3 Å². The molecule has 0 bridgehead atoms. The molecule has 1 aromatic carbocycles. The number of aliphatic hydroxyl groups excluding tert-OH is 1. The average molecular weight is 375 g/mol. The number of nitrogens with one attached hydrogen (secondary N) is 1. The van der Waals surface area contributed by atoms with Gasteiger partial charge in [-0.1, -0.05) is 19.1 Å². The monoisotopic (exact) mass is 375 g/mol. The average Bonchev–Trinajstić information content (AvgIpc) is 2.42. The van der Waals surface area contributed by atoms with E-state index in [0.29, 0.717) is 12.1 Å². The number of halogens is 5. The summed E-state index contributed by atoms with van der Waals surface area (Å²) in [6, 6.07) is 3.09. The van der Waals surface area contributed by atoms with Crippen molar-refractivity contribution in [3.8, 4) is 0 Å². The molecule has 0 radical (unpaired) electrons. The van der Waals surface area contributed by atoms with Gasteiger partial charge in [-0.3, -0.25) is 0 Å². The molecule has 10 heteroatoms. The Kier molecular flexibility index (Phi) is 6.34. The Labute approximate surface area is 136 Å². The van der Waals surface area contributed by atoms with Crippen LogP contribution in [0, 0.1) is 0 Å². The minimum absolute atomic E-state index is 0.0870. The van der Waals surface area contributed by atoms with Gasteiger partial charge in [0, 0.05) is 6.42 Å². The van der Waals surface area contributed by atoms with Gasteiger partial charge in [-0.05, 0) is 24.1 Å². The fraction of sp³-hybridized carbons (Fsp3) is 0.571. The highest BCUT2D eigenvalue weighted by Gasteiger charge is 2.44. The standard InChI is InChI=1S/C14H18F5NO3S/c1-3-11(21)13(8-12(15)16,20-24(2,22)23)9-4-6-10(7-5-9)14(17,18)19/h4-7,11-12,20-21H,3,8H2,1-2H3. The Morgan fingerprint density at radius 3 is 1.92 bits per heavy atom. The predicted molar refractivity (Wildman–Crippen MR) is 78.0 cm³/mol. The predicted octanol–water partition coefficient (Wildman–Crippen LogP) is 2.88. The van der Waals surface area contributed by atoms with Gasteiger partial charge in [0.05, 0.1) is 23.5 Å². The number of sulfonamides is 1. The van der Waals surface area contributed by atoms with E-state index in [1.807, 2.05) is 4.72 Å². The van der Waals surface area contributed by atoms with Gasteiger partial charge in [-0.2, -0.15) is 13.2 Å². The van der Waals surface area contributed by atoms with Crippen LogP contribution >= 0.6 is 0 Å². The molecule has 0 amide bonds. The molecule has 2 atom stereocenters. The van der Waals surface area contributed by atoms with Gasteiger partial charge >= 0.3 is 6.18 Å². The molecule has 0 aliphatic carbocycles. The maximum Gasteiger partial charge on any atom is 0.416 e. The van der Waals surface area contributed by atoms with Crippen LogP contribution in [0.5, 0.6) is 0 Å². The maximum absolute atomic E-state index is 13.0. The van der Waals surface area contributed by atoms with Crippen molar-refractivity contribution in [3.63, 3.8) is 0 Å². The number of hydrogen-bond acceptors (Lipinski definition) is 3. The van der Waals surface area contributed by atoms with Gasteiger partial charge in [0.1, 0.15) is 0 Å². The van der Waals surface area contributed by atoms with Crippen LogP contribution in [0.3, 0.4) is 0 Å². The van der Waals surface area contributed by atoms with E-state index in [-0.39, 0.29) is 12.0 Å². The third kappa shape index (κ3) is 5.12. The molecule has 2 unspecified atom stereocenters. The van der Waals surface area contributed by atoms with E-state index < -0.39 is 46.3 Å². The highest BCUT2D eigenvalue weighted by molar-refractivity contribution is 7.88. The molecule has 2 N–H and O–H groups in total. The van der Waals surface area contributed by atoms with E-state index in [1.165, 1.54) is 6.92 Å². The molecule has 1 rings (SSSR count). The smallest absolute Gasteiger partial charge is 0.391 e. The molecule has 0 saturated carbocycles. The summed E-state index contributed by atoms with van der Waals surface area (Å²) in [5.74, 6) is 0. The molecular formula is C14H18F5NO3S. The minimum atomic E-state index is -4.63. The van der Waals surface area contributed by atoms with E-state index in [9.17, 15) is 35.5 Å². The van der Waals surface area contributed by atoms with E-state index in [0.717, 1.165) is 18.4 Å². The number of aliphatic hydroxyl groups is 1. The largest absolute Gasteiger partial charge is 0.416 e. The van der Waals surface area contributed by atoms with Crippen molar-refractivity contribution in [2.45, 2.75) is 44.0 Å². The van der Waals surface area contributed by atoms with Gasteiger partial charge < -0.3 is 5.11 Å². The zero-order chi connectivity index (χ0) is 18.8. The molecule has 1 aromatic rings. The molecule has 0 aliphatic rings. The van der Waals surface area contributed by atoms with Crippen molar-refractivity contribution in [2.24, 2.45) is 0 Å². The van der Waals surface area contributed by atoms with Crippen LogP contribution < -0.4 is 4.72 Å². The summed E-state index contributed by atoms with van der Waals surface area (Å²) in [6.45, 7) is 1.44. The Hall–Kier alpha value is -1.26. The quantitative estimate of drug-likeness (QED) is 0.721. The van der Waals surface area contributed by atoms with E-state index in [1.54, 1.807) is 0 Å². The van der Waals surface area contributed by atoms with Crippen molar-refractivity contribution in [1.82, 2.24) is 4.72 Å². The van der Waals surface area contributed by atoms with E-state index in [2.05, 4.69) is 0 Å². The Balaban J connectivity index is 3.49. The van der Waals surface area contributed by atoms with E-state index >= 15 is 0 Å². The van der Waals surface area contributed by atoms with Crippen LogP contribution in [0.4, 0.5) is 22.0 Å². The molecule has 4 nitrogen and oxygen atoms in total. The van der Waals surface area contributed by atoms with Gasteiger partial charge in [0.2, 0.25) is 16.4 Å². The van der Waals surface area contributed by atoms with Crippen molar-refractivity contribution < 1.29 is 35.5 Å². The Morgan fingerprint density at radius 2 is 1.58 bits per heavy atom. The lowest BCUT2D eigenvalue weighted by Crippen LogP contribution is -2.54. The third-order valence-electron chi connectivity index (χ3n) is 3.53. The second kappa shape index (κ2) is 7.32. The SMILES string of the molecule is CCC(O)C(CC(F)F)(NS(C)(=O)=O)c1ccc(C(F)(F)F)cc1. The third-order valence-corrected chi connectivity index (χ3v) is 4.26. The molecule has 138 valence electrons. The summed E-state index contributed by atoms with van der Waals surface area (Å²) < 4.78 is 89.2. The molecule has 0 spiro atoms. The number of alkyl halides is 5. The second-order valence-corrected chi connectivity index (χ2v) is 7.19. The molecule has 0 saturated heterocycles. The van der Waals surface area contributed by atoms with Gasteiger partial charge in [0.25, 0.3) is 0 Å². The number of benzene rings is 1. The zero-order valence-corrected chi connectivity index (χ0v) is 13.8. The first-order chi connectivity index (χ1) is 10.8. The normalized spacial score (nSPS) is 16.9. The van der Waals surface area contributed by atoms with E-state index in [4.69, 9.17) is 0 Å². The molecule has 0 fully saturated rings. The Morgan fingerprint density at radius 1 is 1.12 bits per heavy atom. The van der Waals surface area contributed by atoms with Gasteiger partial charge in [-0.15, -0.1) is 0 Å². The lowest BCUT2D eigenvalue weighted by molar-refractivity contribution is -0.137. The number of rotatable bonds is 7. The molecule has 0 aliphatic heterocycles. The zero-order valence-electron chi connectivity index (χ0n) is 12.9. The summed E-state index contributed by atoms with van der Waals surface area (Å²) in [5, 5.41) is 10.2. The molecular weight excluding hydrogens is 357 g/mol. The molecule has 0 aromatic heterocycles. The fourth-order valence-electron chi connectivity index (χ4n) is 2.49. The van der Waals surface area contributed by atoms with Gasteiger partial charge in [0.15, 0.2) is 0 Å². The van der Waals surface area contributed by atoms with Crippen molar-refractivity contribution in [3.05, 3.63) is 35.4 Å². The van der Waals surface area contributed by atoms with Crippen LogP contribution in [0.2, 0.25) is 0 Å². The number of hydrogen-bond donors (Lipinski definition) is 2. The summed E-state index contributed by atoms with van der Waals surface area (Å²) in [7, 11) is -4.03. The molecule has 0 heterocycles. The van der Waals surface area contributed by atoms with Crippen molar-refractivity contribution in [2.75, 3.05) is 6.26 Å². The molecule has 24 heavy (non-hydrogen) atoms. The fourth-order valence-corrected chi connectivity index (χ4v) is 3.49. The first-order valence-electron chi connectivity index (χ1n) is 6.94. The van der Waals surface area contributed by atoms with Crippen LogP contribution in [0.1, 0.15) is 30.9 Å². The highest BCUT2D eigenvalue weighted by atomic mass is 32.2. The van der Waals surface area contributed by atoms with Crippen molar-refractivity contribution in [1.29, 1.82) is 0 Å². The van der Waals surface area contributed by atoms with Crippen LogP contribution in [0.25, 0.3) is 0 Å². The lowest BCUT2D eigenvalue weighted by Gasteiger charge is -2.38. The second-order valence-electron chi connectivity index (χ2n) is 5.44. The first-order valence-corrected chi connectivity index (χ1v) is 8.84. The maximum atomic E-state index is 13.0. The minimum Gasteiger partial charge on any atom is -0.391 e. The van der Waals surface area contributed by atoms with Crippen molar-refractivity contribution >= 4 is 10.0 Å². The summed E-state index contributed by atoms with van der Waals surface area (Å²) in [4.78, 5) is 0. The lowest BCUT2D eigenvalue weighted by atomic mass is 9.81. The Bertz CT molecular complexity index is 645. The highest BCUT2D eigenvalue weighted by Crippen LogP contribution is 2.36.